The molecule has 1 aromatic rings. The van der Waals surface area contributed by atoms with Crippen molar-refractivity contribution in [3.63, 3.8) is 0 Å². The zero-order valence-corrected chi connectivity index (χ0v) is 15.0. The molecule has 0 N–H and O–H groups in total. The molecule has 1 fully saturated rings. The molecular formula is C17H25ClFN3O. The minimum Gasteiger partial charge on any atom is -0.338 e. The lowest BCUT2D eigenvalue weighted by Gasteiger charge is -2.39. The summed E-state index contributed by atoms with van der Waals surface area (Å²) in [5.74, 6) is -0.424. The van der Waals surface area contributed by atoms with E-state index < -0.39 is 11.9 Å². The van der Waals surface area contributed by atoms with Gasteiger partial charge in [-0.3, -0.25) is 14.6 Å². The number of halogens is 2. The third kappa shape index (κ3) is 4.22. The summed E-state index contributed by atoms with van der Waals surface area (Å²) in [5, 5.41) is 0.0479. The Morgan fingerprint density at radius 1 is 1.22 bits per heavy atom. The number of nitrogens with zero attached hydrogens (tertiary/aromatic N) is 3. The molecule has 0 spiro atoms. The van der Waals surface area contributed by atoms with Crippen molar-refractivity contribution in [2.24, 2.45) is 0 Å². The summed E-state index contributed by atoms with van der Waals surface area (Å²) in [4.78, 5) is 19.0. The molecule has 0 aliphatic carbocycles. The molecule has 1 aliphatic heterocycles. The maximum absolute atomic E-state index is 13.4. The van der Waals surface area contributed by atoms with Gasteiger partial charge in [0, 0.05) is 32.2 Å². The largest absolute Gasteiger partial charge is 0.338 e. The van der Waals surface area contributed by atoms with Gasteiger partial charge in [-0.05, 0) is 45.6 Å². The summed E-state index contributed by atoms with van der Waals surface area (Å²) in [6.45, 7) is 7.54. The highest BCUT2D eigenvalue weighted by atomic mass is 35.5. The average molecular weight is 342 g/mol. The first kappa shape index (κ1) is 18.2. The van der Waals surface area contributed by atoms with Gasteiger partial charge in [0.05, 0.1) is 5.02 Å². The molecule has 1 unspecified atom stereocenters. The van der Waals surface area contributed by atoms with Crippen LogP contribution >= 0.6 is 11.6 Å². The molecule has 1 saturated heterocycles. The molecule has 128 valence electrons. The Kier molecular flexibility index (Phi) is 6.00. The molecule has 0 radical (unpaired) electrons. The van der Waals surface area contributed by atoms with Crippen LogP contribution in [0.5, 0.6) is 0 Å². The molecule has 2 rings (SSSR count). The second kappa shape index (κ2) is 7.60. The Morgan fingerprint density at radius 3 is 2.30 bits per heavy atom. The third-order valence-electron chi connectivity index (χ3n) is 4.37. The van der Waals surface area contributed by atoms with Crippen molar-refractivity contribution in [3.05, 3.63) is 34.6 Å². The van der Waals surface area contributed by atoms with Crippen molar-refractivity contribution in [2.75, 3.05) is 40.3 Å². The van der Waals surface area contributed by atoms with Gasteiger partial charge >= 0.3 is 0 Å². The minimum atomic E-state index is -0.467. The predicted molar refractivity (Wildman–Crippen MR) is 91.1 cm³/mol. The van der Waals surface area contributed by atoms with Crippen LogP contribution in [0.25, 0.3) is 0 Å². The van der Waals surface area contributed by atoms with E-state index in [0.29, 0.717) is 6.04 Å². The van der Waals surface area contributed by atoms with Crippen LogP contribution in [0.15, 0.2) is 18.2 Å². The molecule has 1 atom stereocenters. The first-order chi connectivity index (χ1) is 10.8. The molecule has 23 heavy (non-hydrogen) atoms. The maximum atomic E-state index is 13.4. The topological polar surface area (TPSA) is 26.8 Å². The molecule has 4 nitrogen and oxygen atoms in total. The lowest BCUT2D eigenvalue weighted by atomic mass is 10.0. The van der Waals surface area contributed by atoms with Crippen molar-refractivity contribution in [2.45, 2.75) is 25.9 Å². The number of amides is 1. The number of piperazine rings is 1. The van der Waals surface area contributed by atoms with Gasteiger partial charge in [-0.15, -0.1) is 0 Å². The number of hydrogen-bond acceptors (Lipinski definition) is 3. The first-order valence-electron chi connectivity index (χ1n) is 7.95. The van der Waals surface area contributed by atoms with Gasteiger partial charge in [0.2, 0.25) is 5.91 Å². The van der Waals surface area contributed by atoms with Crippen molar-refractivity contribution in [3.8, 4) is 0 Å². The van der Waals surface area contributed by atoms with Crippen molar-refractivity contribution >= 4 is 17.5 Å². The van der Waals surface area contributed by atoms with Crippen LogP contribution in [0.2, 0.25) is 5.02 Å². The molecule has 0 saturated carbocycles. The molecule has 1 heterocycles. The number of rotatable bonds is 4. The van der Waals surface area contributed by atoms with Crippen LogP contribution < -0.4 is 0 Å². The number of benzene rings is 1. The fourth-order valence-corrected chi connectivity index (χ4v) is 3.16. The van der Waals surface area contributed by atoms with Crippen LogP contribution in [0.1, 0.15) is 25.5 Å². The molecule has 6 heteroatoms. The highest BCUT2D eigenvalue weighted by molar-refractivity contribution is 6.30. The number of likely N-dealkylation sites (N-methyl/N-ethyl adjacent to an activating group) is 1. The Morgan fingerprint density at radius 2 is 1.83 bits per heavy atom. The fraction of sp³-hybridized carbons (Fsp3) is 0.588. The number of hydrogen-bond donors (Lipinski definition) is 0. The number of carbonyl (C=O) groups is 1. The Balaban J connectivity index is 2.15. The van der Waals surface area contributed by atoms with E-state index in [1.54, 1.807) is 12.1 Å². The summed E-state index contributed by atoms with van der Waals surface area (Å²) in [7, 11) is 3.70. The first-order valence-corrected chi connectivity index (χ1v) is 8.33. The monoisotopic (exact) mass is 341 g/mol. The van der Waals surface area contributed by atoms with Gasteiger partial charge in [-0.2, -0.15) is 0 Å². The van der Waals surface area contributed by atoms with Gasteiger partial charge in [-0.25, -0.2) is 4.39 Å². The lowest BCUT2D eigenvalue weighted by molar-refractivity contribution is -0.138. The third-order valence-corrected chi connectivity index (χ3v) is 4.66. The van der Waals surface area contributed by atoms with Gasteiger partial charge in [0.15, 0.2) is 0 Å². The van der Waals surface area contributed by atoms with Crippen molar-refractivity contribution in [1.82, 2.24) is 14.7 Å². The highest BCUT2D eigenvalue weighted by Crippen LogP contribution is 2.26. The molecule has 1 aromatic carbocycles. The quantitative estimate of drug-likeness (QED) is 0.842. The van der Waals surface area contributed by atoms with E-state index >= 15 is 0 Å². The van der Waals surface area contributed by atoms with Crippen LogP contribution in [0.3, 0.4) is 0 Å². The predicted octanol–water partition coefficient (Wildman–Crippen LogP) is 2.63. The Bertz CT molecular complexity index is 557. The second-order valence-corrected chi connectivity index (χ2v) is 6.90. The molecular weight excluding hydrogens is 317 g/mol. The van der Waals surface area contributed by atoms with Gasteiger partial charge in [0.1, 0.15) is 11.9 Å². The summed E-state index contributed by atoms with van der Waals surface area (Å²) >= 11 is 5.88. The summed E-state index contributed by atoms with van der Waals surface area (Å²) in [6.07, 6.45) is 0. The van der Waals surface area contributed by atoms with Crippen molar-refractivity contribution < 1.29 is 9.18 Å². The van der Waals surface area contributed by atoms with Gasteiger partial charge in [0.25, 0.3) is 0 Å². The SMILES string of the molecule is CC(C)N1CCN(C(=O)C(c2ccc(F)c(Cl)c2)N(C)C)CC1. The zero-order valence-electron chi connectivity index (χ0n) is 14.2. The minimum absolute atomic E-state index is 0.0427. The lowest BCUT2D eigenvalue weighted by Crippen LogP contribution is -2.53. The van der Waals surface area contributed by atoms with Crippen LogP contribution in [0.4, 0.5) is 4.39 Å². The second-order valence-electron chi connectivity index (χ2n) is 6.49. The normalized spacial score (nSPS) is 17.8. The summed E-state index contributed by atoms with van der Waals surface area (Å²) in [5.41, 5.74) is 0.720. The van der Waals surface area contributed by atoms with Crippen LogP contribution in [-0.4, -0.2) is 66.9 Å². The van der Waals surface area contributed by atoms with E-state index in [1.807, 2.05) is 23.9 Å². The Labute approximate surface area is 142 Å². The Hall–Kier alpha value is -1.17. The van der Waals surface area contributed by atoms with E-state index in [1.165, 1.54) is 6.07 Å². The van der Waals surface area contributed by atoms with E-state index in [2.05, 4.69) is 18.7 Å². The summed E-state index contributed by atoms with van der Waals surface area (Å²) in [6, 6.07) is 4.54. The van der Waals surface area contributed by atoms with E-state index in [0.717, 1.165) is 31.7 Å². The highest BCUT2D eigenvalue weighted by Gasteiger charge is 2.30. The van der Waals surface area contributed by atoms with E-state index in [-0.39, 0.29) is 10.9 Å². The maximum Gasteiger partial charge on any atom is 0.244 e. The van der Waals surface area contributed by atoms with Gasteiger partial charge in [-0.1, -0.05) is 17.7 Å². The average Bonchev–Trinajstić information content (AvgIpc) is 2.50. The zero-order chi connectivity index (χ0) is 17.1. The molecule has 1 aliphatic rings. The number of carbonyl (C=O) groups excluding carboxylic acids is 1. The summed E-state index contributed by atoms with van der Waals surface area (Å²) < 4.78 is 13.4. The van der Waals surface area contributed by atoms with E-state index in [4.69, 9.17) is 11.6 Å². The smallest absolute Gasteiger partial charge is 0.244 e. The standard InChI is InChI=1S/C17H25ClFN3O/c1-12(2)21-7-9-22(10-8-21)17(23)16(20(3)4)13-5-6-15(19)14(18)11-13/h5-6,11-12,16H,7-10H2,1-4H3. The van der Waals surface area contributed by atoms with Gasteiger partial charge < -0.3 is 4.90 Å². The van der Waals surface area contributed by atoms with E-state index in [9.17, 15) is 9.18 Å². The van der Waals surface area contributed by atoms with Crippen LogP contribution in [0, 0.1) is 5.82 Å². The fourth-order valence-electron chi connectivity index (χ4n) is 2.98. The van der Waals surface area contributed by atoms with Crippen molar-refractivity contribution in [1.29, 1.82) is 0 Å². The molecule has 1 amide bonds. The molecule has 0 bridgehead atoms. The molecule has 0 aromatic heterocycles. The van der Waals surface area contributed by atoms with Crippen LogP contribution in [-0.2, 0) is 4.79 Å².